The number of carbonyl (C=O) groups excluding carboxylic acids is 1. The molecule has 1 aliphatic heterocycles. The maximum atomic E-state index is 12.5. The Bertz CT molecular complexity index is 898. The molecule has 1 amide bonds. The lowest BCUT2D eigenvalue weighted by Crippen LogP contribution is -2.48. The van der Waals surface area contributed by atoms with Gasteiger partial charge in [0.05, 0.1) is 22.4 Å². The van der Waals surface area contributed by atoms with Gasteiger partial charge in [-0.1, -0.05) is 13.8 Å². The summed E-state index contributed by atoms with van der Waals surface area (Å²) < 4.78 is 20.2. The second kappa shape index (κ2) is 10.4. The van der Waals surface area contributed by atoms with E-state index in [0.717, 1.165) is 42.9 Å². The molecule has 3 rings (SSSR count). The maximum Gasteiger partial charge on any atom is 0.292 e. The van der Waals surface area contributed by atoms with E-state index in [1.807, 2.05) is 22.5 Å². The summed E-state index contributed by atoms with van der Waals surface area (Å²) >= 11 is 3.47. The number of nitrogens with zero attached hydrogens (tertiary/aromatic N) is 3. The highest BCUT2D eigenvalue weighted by Gasteiger charge is 2.22. The second-order valence-electron chi connectivity index (χ2n) is 7.24. The number of amides is 1. The average molecular weight is 499 g/mol. The maximum absolute atomic E-state index is 12.5. The quantitative estimate of drug-likeness (QED) is 0.509. The Labute approximate surface area is 187 Å². The first kappa shape index (κ1) is 22.7. The molecule has 9 nitrogen and oxygen atoms in total. The van der Waals surface area contributed by atoms with Gasteiger partial charge in [-0.2, -0.15) is 4.98 Å². The van der Waals surface area contributed by atoms with Gasteiger partial charge in [0.2, 0.25) is 0 Å². The number of hydrogen-bond donors (Lipinski definition) is 3. The predicted molar refractivity (Wildman–Crippen MR) is 123 cm³/mol. The average Bonchev–Trinajstić information content (AvgIpc) is 3.16. The zero-order valence-corrected chi connectivity index (χ0v) is 19.5. The highest BCUT2D eigenvalue weighted by Crippen LogP contribution is 2.29. The molecule has 1 aliphatic rings. The highest BCUT2D eigenvalue weighted by molar-refractivity contribution is 9.10. The molecule has 4 N–H and O–H groups in total. The standard InChI is InChI=1S/C19H27BrN6O3S/c1-13(2)22-5-10-30(28)26-8-6-25(7-9-26)14-3-4-15(20)16(11-14)23-18(27)17-12-29-19(21)24-17/h3-4,11-13,22H,5-10H2,1-2H3,(H2,21,24)(H,23,27). The van der Waals surface area contributed by atoms with Crippen molar-refractivity contribution in [3.8, 4) is 0 Å². The summed E-state index contributed by atoms with van der Waals surface area (Å²) in [7, 11) is -0.976. The van der Waals surface area contributed by atoms with Crippen molar-refractivity contribution in [2.24, 2.45) is 0 Å². The number of anilines is 3. The summed E-state index contributed by atoms with van der Waals surface area (Å²) in [6, 6.07) is 6.14. The number of nitrogens with one attached hydrogen (secondary N) is 2. The molecular formula is C19H27BrN6O3S. The zero-order valence-electron chi connectivity index (χ0n) is 17.1. The van der Waals surface area contributed by atoms with Crippen molar-refractivity contribution < 1.29 is 13.4 Å². The molecule has 1 atom stereocenters. The SMILES string of the molecule is CC(C)NCCS(=O)N1CCN(c2ccc(Br)c(NC(=O)c3coc(N)n3)c2)CC1. The molecule has 1 unspecified atom stereocenters. The molecule has 0 radical (unpaired) electrons. The Morgan fingerprint density at radius 2 is 2.07 bits per heavy atom. The largest absolute Gasteiger partial charge is 0.431 e. The number of hydrogen-bond acceptors (Lipinski definition) is 7. The minimum Gasteiger partial charge on any atom is -0.431 e. The van der Waals surface area contributed by atoms with Crippen LogP contribution in [0.3, 0.4) is 0 Å². The van der Waals surface area contributed by atoms with E-state index in [2.05, 4.69) is 50.3 Å². The fourth-order valence-electron chi connectivity index (χ4n) is 3.10. The monoisotopic (exact) mass is 498 g/mol. The Kier molecular flexibility index (Phi) is 7.87. The van der Waals surface area contributed by atoms with Crippen molar-refractivity contribution in [2.45, 2.75) is 19.9 Å². The van der Waals surface area contributed by atoms with E-state index in [1.54, 1.807) is 0 Å². The minimum atomic E-state index is -0.976. The molecule has 0 bridgehead atoms. The molecule has 1 fully saturated rings. The van der Waals surface area contributed by atoms with E-state index >= 15 is 0 Å². The smallest absolute Gasteiger partial charge is 0.292 e. The third-order valence-corrected chi connectivity index (χ3v) is 6.86. The van der Waals surface area contributed by atoms with Gasteiger partial charge >= 0.3 is 0 Å². The van der Waals surface area contributed by atoms with Gasteiger partial charge in [0.15, 0.2) is 5.69 Å². The van der Waals surface area contributed by atoms with E-state index in [-0.39, 0.29) is 11.7 Å². The normalized spacial score (nSPS) is 16.1. The van der Waals surface area contributed by atoms with Gasteiger partial charge in [-0.05, 0) is 34.1 Å². The summed E-state index contributed by atoms with van der Waals surface area (Å²) in [4.78, 5) is 18.4. The van der Waals surface area contributed by atoms with Crippen molar-refractivity contribution in [3.05, 3.63) is 34.6 Å². The van der Waals surface area contributed by atoms with Crippen LogP contribution in [0, 0.1) is 0 Å². The number of piperazine rings is 1. The van der Waals surface area contributed by atoms with Gasteiger partial charge in [0.25, 0.3) is 11.9 Å². The van der Waals surface area contributed by atoms with Gasteiger partial charge in [0, 0.05) is 48.9 Å². The van der Waals surface area contributed by atoms with Gasteiger partial charge in [0.1, 0.15) is 6.26 Å². The predicted octanol–water partition coefficient (Wildman–Crippen LogP) is 2.06. The van der Waals surface area contributed by atoms with Gasteiger partial charge < -0.3 is 25.7 Å². The number of oxazole rings is 1. The van der Waals surface area contributed by atoms with Crippen LogP contribution in [0.25, 0.3) is 0 Å². The number of nitrogens with two attached hydrogens (primary N) is 1. The molecule has 1 aromatic heterocycles. The zero-order chi connectivity index (χ0) is 21.7. The number of carbonyl (C=O) groups is 1. The Morgan fingerprint density at radius 1 is 1.33 bits per heavy atom. The molecule has 0 spiro atoms. The molecule has 0 saturated carbocycles. The van der Waals surface area contributed by atoms with Crippen LogP contribution in [0.2, 0.25) is 0 Å². The van der Waals surface area contributed by atoms with E-state index in [4.69, 9.17) is 10.2 Å². The molecule has 2 aromatic rings. The summed E-state index contributed by atoms with van der Waals surface area (Å²) in [5, 5.41) is 6.13. The lowest BCUT2D eigenvalue weighted by Gasteiger charge is -2.35. The number of aromatic nitrogens is 1. The van der Waals surface area contributed by atoms with Crippen LogP contribution >= 0.6 is 15.9 Å². The topological polar surface area (TPSA) is 117 Å². The first-order valence-corrected chi connectivity index (χ1v) is 11.8. The second-order valence-corrected chi connectivity index (χ2v) is 9.66. The first-order chi connectivity index (χ1) is 14.3. The van der Waals surface area contributed by atoms with Gasteiger partial charge in [-0.15, -0.1) is 0 Å². The molecule has 11 heteroatoms. The molecular weight excluding hydrogens is 472 g/mol. The lowest BCUT2D eigenvalue weighted by atomic mass is 10.2. The van der Waals surface area contributed by atoms with Gasteiger partial charge in [-0.3, -0.25) is 4.79 Å². The Balaban J connectivity index is 1.57. The fourth-order valence-corrected chi connectivity index (χ4v) is 4.56. The number of rotatable bonds is 8. The molecule has 30 heavy (non-hydrogen) atoms. The van der Waals surface area contributed by atoms with Crippen LogP contribution in [-0.4, -0.2) is 63.9 Å². The fraction of sp³-hybridized carbons (Fsp3) is 0.474. The van der Waals surface area contributed by atoms with Crippen LogP contribution in [-0.2, 0) is 11.0 Å². The van der Waals surface area contributed by atoms with Crippen LogP contribution in [0.5, 0.6) is 0 Å². The third-order valence-electron chi connectivity index (χ3n) is 4.67. The van der Waals surface area contributed by atoms with Crippen molar-refractivity contribution in [1.82, 2.24) is 14.6 Å². The molecule has 1 saturated heterocycles. The van der Waals surface area contributed by atoms with Crippen LogP contribution in [0.15, 0.2) is 33.4 Å². The first-order valence-electron chi connectivity index (χ1n) is 9.77. The number of benzene rings is 1. The molecule has 2 heterocycles. The van der Waals surface area contributed by atoms with E-state index in [9.17, 15) is 9.00 Å². The third kappa shape index (κ3) is 6.03. The lowest BCUT2D eigenvalue weighted by molar-refractivity contribution is 0.102. The molecule has 0 aliphatic carbocycles. The Morgan fingerprint density at radius 3 is 2.70 bits per heavy atom. The highest BCUT2D eigenvalue weighted by atomic mass is 79.9. The van der Waals surface area contributed by atoms with Gasteiger partial charge in [-0.25, -0.2) is 8.51 Å². The van der Waals surface area contributed by atoms with Crippen LogP contribution in [0.1, 0.15) is 24.3 Å². The van der Waals surface area contributed by atoms with Crippen molar-refractivity contribution in [2.75, 3.05) is 54.4 Å². The van der Waals surface area contributed by atoms with E-state index in [1.165, 1.54) is 6.26 Å². The van der Waals surface area contributed by atoms with Crippen molar-refractivity contribution in [3.63, 3.8) is 0 Å². The van der Waals surface area contributed by atoms with Crippen LogP contribution < -0.4 is 21.3 Å². The summed E-state index contributed by atoms with van der Waals surface area (Å²) in [6.45, 7) is 7.89. The number of nitrogen functional groups attached to an aromatic ring is 1. The summed E-state index contributed by atoms with van der Waals surface area (Å²) in [6.07, 6.45) is 1.22. The van der Waals surface area contributed by atoms with Crippen molar-refractivity contribution in [1.29, 1.82) is 0 Å². The Hall–Kier alpha value is -1.95. The van der Waals surface area contributed by atoms with Crippen LogP contribution in [0.4, 0.5) is 17.4 Å². The molecule has 164 valence electrons. The molecule has 1 aromatic carbocycles. The summed E-state index contributed by atoms with van der Waals surface area (Å²) in [5.41, 5.74) is 7.16. The summed E-state index contributed by atoms with van der Waals surface area (Å²) in [5.74, 6) is 0.225. The minimum absolute atomic E-state index is 0.0526. The van der Waals surface area contributed by atoms with E-state index < -0.39 is 16.9 Å². The van der Waals surface area contributed by atoms with E-state index in [0.29, 0.717) is 17.5 Å². The number of halogens is 1. The van der Waals surface area contributed by atoms with Crippen molar-refractivity contribution >= 4 is 50.2 Å².